The van der Waals surface area contributed by atoms with Gasteiger partial charge in [0.15, 0.2) is 0 Å². The third kappa shape index (κ3) is 6.39. The lowest BCUT2D eigenvalue weighted by atomic mass is 10.2. The fourth-order valence-electron chi connectivity index (χ4n) is 1.22. The summed E-state index contributed by atoms with van der Waals surface area (Å²) in [5, 5.41) is 3.20. The summed E-state index contributed by atoms with van der Waals surface area (Å²) in [5.41, 5.74) is 1.04. The highest BCUT2D eigenvalue weighted by Gasteiger charge is 1.89. The molecule has 0 aliphatic rings. The minimum Gasteiger partial charge on any atom is -0.306 e. The molecule has 0 saturated carbocycles. The zero-order chi connectivity index (χ0) is 11.6. The van der Waals surface area contributed by atoms with Gasteiger partial charge in [-0.1, -0.05) is 30.0 Å². The molecule has 0 heterocycles. The van der Waals surface area contributed by atoms with Crippen molar-refractivity contribution in [2.75, 3.05) is 25.1 Å². The van der Waals surface area contributed by atoms with Gasteiger partial charge in [0, 0.05) is 28.4 Å². The molecule has 16 heavy (non-hydrogen) atoms. The van der Waals surface area contributed by atoms with Crippen LogP contribution in [-0.4, -0.2) is 29.3 Å². The van der Waals surface area contributed by atoms with Gasteiger partial charge in [-0.2, -0.15) is 0 Å². The lowest BCUT2D eigenvalue weighted by Gasteiger charge is -1.97. The van der Waals surface area contributed by atoms with Crippen LogP contribution in [0.1, 0.15) is 12.0 Å². The summed E-state index contributed by atoms with van der Waals surface area (Å²) in [5.74, 6) is 6.89. The van der Waals surface area contributed by atoms with Gasteiger partial charge in [0.2, 0.25) is 0 Å². The van der Waals surface area contributed by atoms with Gasteiger partial charge in [-0.15, -0.1) is 0 Å². The van der Waals surface area contributed by atoms with Crippen LogP contribution in [0.4, 0.5) is 0 Å². The van der Waals surface area contributed by atoms with Gasteiger partial charge in [-0.05, 0) is 25.1 Å². The Morgan fingerprint density at radius 3 is 2.75 bits per heavy atom. The van der Waals surface area contributed by atoms with E-state index in [0.29, 0.717) is 6.54 Å². The predicted octanol–water partition coefficient (Wildman–Crippen LogP) is 1.40. The molecule has 0 fully saturated rings. The van der Waals surface area contributed by atoms with Gasteiger partial charge in [-0.3, -0.25) is 4.21 Å². The molecule has 0 aliphatic heterocycles. The second-order valence-corrected chi connectivity index (χ2v) is 5.03. The molecule has 1 rings (SSSR count). The number of hydrogen-bond donors (Lipinski definition) is 1. The summed E-state index contributed by atoms with van der Waals surface area (Å²) < 4.78 is 10.8. The summed E-state index contributed by atoms with van der Waals surface area (Å²) in [6.07, 6.45) is 2.67. The Balaban J connectivity index is 2.12. The van der Waals surface area contributed by atoms with Gasteiger partial charge < -0.3 is 5.32 Å². The Bertz CT molecular complexity index is 378. The van der Waals surface area contributed by atoms with Crippen molar-refractivity contribution >= 4 is 10.8 Å². The zero-order valence-corrected chi connectivity index (χ0v) is 10.3. The van der Waals surface area contributed by atoms with Crippen molar-refractivity contribution in [1.29, 1.82) is 0 Å². The van der Waals surface area contributed by atoms with Crippen LogP contribution < -0.4 is 5.32 Å². The van der Waals surface area contributed by atoms with E-state index in [-0.39, 0.29) is 0 Å². The standard InChI is InChI=1S/C13H17NOS/c1-16(15)12-6-11-14-10-5-9-13-7-3-2-4-8-13/h2-4,7-8,14H,6,10-12H2,1H3. The number of nitrogens with one attached hydrogen (secondary N) is 1. The van der Waals surface area contributed by atoms with Gasteiger partial charge in [-0.25, -0.2) is 0 Å². The Hall–Kier alpha value is -1.11. The largest absolute Gasteiger partial charge is 0.306 e. The Morgan fingerprint density at radius 1 is 1.31 bits per heavy atom. The molecule has 0 bridgehead atoms. The van der Waals surface area contributed by atoms with E-state index in [4.69, 9.17) is 0 Å². The molecule has 0 amide bonds. The molecule has 1 aromatic rings. The normalized spacial score (nSPS) is 11.6. The van der Waals surface area contributed by atoms with Crippen LogP contribution in [0, 0.1) is 11.8 Å². The number of rotatable bonds is 5. The lowest BCUT2D eigenvalue weighted by molar-refractivity contribution is 0.678. The molecule has 1 aromatic carbocycles. The zero-order valence-electron chi connectivity index (χ0n) is 9.53. The Labute approximate surface area is 99.9 Å². The maximum absolute atomic E-state index is 10.8. The minimum atomic E-state index is -0.679. The first-order valence-corrected chi connectivity index (χ1v) is 7.06. The van der Waals surface area contributed by atoms with Crippen LogP contribution >= 0.6 is 0 Å². The Kier molecular flexibility index (Phi) is 6.55. The summed E-state index contributed by atoms with van der Waals surface area (Å²) in [4.78, 5) is 0. The van der Waals surface area contributed by atoms with Gasteiger partial charge in [0.25, 0.3) is 0 Å². The monoisotopic (exact) mass is 235 g/mol. The molecular formula is C13H17NOS. The van der Waals surface area contributed by atoms with E-state index in [1.807, 2.05) is 30.3 Å². The predicted molar refractivity (Wildman–Crippen MR) is 69.7 cm³/mol. The highest BCUT2D eigenvalue weighted by Crippen LogP contribution is 1.94. The average Bonchev–Trinajstić information content (AvgIpc) is 2.29. The minimum absolute atomic E-state index is 0.679. The summed E-state index contributed by atoms with van der Waals surface area (Å²) in [6.45, 7) is 1.56. The van der Waals surface area contributed by atoms with E-state index in [2.05, 4.69) is 17.2 Å². The van der Waals surface area contributed by atoms with Crippen LogP contribution in [0.15, 0.2) is 30.3 Å². The second kappa shape index (κ2) is 8.09. The van der Waals surface area contributed by atoms with Gasteiger partial charge in [0.05, 0.1) is 6.54 Å². The highest BCUT2D eigenvalue weighted by molar-refractivity contribution is 7.84. The van der Waals surface area contributed by atoms with E-state index < -0.39 is 10.8 Å². The topological polar surface area (TPSA) is 29.1 Å². The molecule has 1 unspecified atom stereocenters. The molecule has 0 radical (unpaired) electrons. The SMILES string of the molecule is CS(=O)CCCNCC#Cc1ccccc1. The van der Waals surface area contributed by atoms with E-state index in [1.54, 1.807) is 6.26 Å². The summed E-state index contributed by atoms with van der Waals surface area (Å²) in [6, 6.07) is 9.93. The van der Waals surface area contributed by atoms with Crippen LogP contribution in [-0.2, 0) is 10.8 Å². The van der Waals surface area contributed by atoms with Gasteiger partial charge >= 0.3 is 0 Å². The van der Waals surface area contributed by atoms with E-state index in [0.717, 1.165) is 24.3 Å². The summed E-state index contributed by atoms with van der Waals surface area (Å²) >= 11 is 0. The van der Waals surface area contributed by atoms with Crippen molar-refractivity contribution in [3.8, 4) is 11.8 Å². The number of benzene rings is 1. The van der Waals surface area contributed by atoms with Crippen LogP contribution in [0.3, 0.4) is 0 Å². The van der Waals surface area contributed by atoms with E-state index in [9.17, 15) is 4.21 Å². The number of hydrogen-bond acceptors (Lipinski definition) is 2. The lowest BCUT2D eigenvalue weighted by Crippen LogP contribution is -2.17. The quantitative estimate of drug-likeness (QED) is 0.617. The van der Waals surface area contributed by atoms with Gasteiger partial charge in [0.1, 0.15) is 0 Å². The highest BCUT2D eigenvalue weighted by atomic mass is 32.2. The molecule has 1 atom stereocenters. The van der Waals surface area contributed by atoms with Crippen molar-refractivity contribution in [3.63, 3.8) is 0 Å². The molecule has 1 N–H and O–H groups in total. The summed E-state index contributed by atoms with van der Waals surface area (Å²) in [7, 11) is -0.679. The first-order valence-electron chi connectivity index (χ1n) is 5.33. The smallest absolute Gasteiger partial charge is 0.0580 e. The molecule has 0 spiro atoms. The molecule has 0 saturated heterocycles. The maximum Gasteiger partial charge on any atom is 0.0580 e. The molecule has 86 valence electrons. The molecular weight excluding hydrogens is 218 g/mol. The van der Waals surface area contributed by atoms with Crippen LogP contribution in [0.2, 0.25) is 0 Å². The van der Waals surface area contributed by atoms with Crippen LogP contribution in [0.25, 0.3) is 0 Å². The molecule has 3 heteroatoms. The third-order valence-electron chi connectivity index (χ3n) is 2.01. The second-order valence-electron chi connectivity index (χ2n) is 3.48. The van der Waals surface area contributed by atoms with Crippen molar-refractivity contribution in [2.24, 2.45) is 0 Å². The van der Waals surface area contributed by atoms with E-state index in [1.165, 1.54) is 0 Å². The van der Waals surface area contributed by atoms with Crippen molar-refractivity contribution < 1.29 is 4.21 Å². The fourth-order valence-corrected chi connectivity index (χ4v) is 1.77. The van der Waals surface area contributed by atoms with E-state index >= 15 is 0 Å². The Morgan fingerprint density at radius 2 is 2.06 bits per heavy atom. The third-order valence-corrected chi connectivity index (χ3v) is 2.87. The van der Waals surface area contributed by atoms with Crippen molar-refractivity contribution in [1.82, 2.24) is 5.32 Å². The van der Waals surface area contributed by atoms with Crippen LogP contribution in [0.5, 0.6) is 0 Å². The molecule has 0 aliphatic carbocycles. The fraction of sp³-hybridized carbons (Fsp3) is 0.385. The molecule has 2 nitrogen and oxygen atoms in total. The average molecular weight is 235 g/mol. The first kappa shape index (κ1) is 13.0. The van der Waals surface area contributed by atoms with Crippen molar-refractivity contribution in [2.45, 2.75) is 6.42 Å². The maximum atomic E-state index is 10.8. The van der Waals surface area contributed by atoms with Crippen molar-refractivity contribution in [3.05, 3.63) is 35.9 Å². The molecule has 0 aromatic heterocycles. The first-order chi connectivity index (χ1) is 7.79.